The molecule has 0 spiro atoms. The molecule has 1 unspecified atom stereocenters. The molecule has 2 aromatic heterocycles. The van der Waals surface area contributed by atoms with Crippen molar-refractivity contribution in [3.8, 4) is 17.3 Å². The van der Waals surface area contributed by atoms with E-state index < -0.39 is 10.0 Å². The largest absolute Gasteiger partial charge is 0.477 e. The first kappa shape index (κ1) is 23.9. The van der Waals surface area contributed by atoms with E-state index in [1.807, 2.05) is 31.2 Å². The van der Waals surface area contributed by atoms with Crippen molar-refractivity contribution in [3.63, 3.8) is 0 Å². The summed E-state index contributed by atoms with van der Waals surface area (Å²) in [6, 6.07) is 14.3. The number of fused-ring (bicyclic) bond motifs is 1. The smallest absolute Gasteiger partial charge is 0.277 e. The number of ether oxygens (including phenoxy) is 1. The Morgan fingerprint density at radius 2 is 1.94 bits per heavy atom. The third kappa shape index (κ3) is 5.07. The number of rotatable bonds is 8. The molecule has 1 atom stereocenters. The first-order chi connectivity index (χ1) is 17.4. The van der Waals surface area contributed by atoms with Crippen molar-refractivity contribution in [2.75, 3.05) is 17.9 Å². The average molecular weight is 507 g/mol. The van der Waals surface area contributed by atoms with Crippen molar-refractivity contribution in [2.45, 2.75) is 37.8 Å². The van der Waals surface area contributed by atoms with E-state index in [0.717, 1.165) is 29.8 Å². The van der Waals surface area contributed by atoms with Crippen LogP contribution in [0.3, 0.4) is 0 Å². The Morgan fingerprint density at radius 1 is 1.11 bits per heavy atom. The van der Waals surface area contributed by atoms with Crippen LogP contribution in [-0.4, -0.2) is 46.6 Å². The monoisotopic (exact) mass is 506 g/mol. The van der Waals surface area contributed by atoms with E-state index in [4.69, 9.17) is 9.26 Å². The van der Waals surface area contributed by atoms with Crippen LogP contribution in [0.15, 0.2) is 70.3 Å². The molecular formula is C25H26N6O4S. The van der Waals surface area contributed by atoms with Crippen LogP contribution in [0.1, 0.15) is 36.7 Å². The Kier molecular flexibility index (Phi) is 6.66. The first-order valence-electron chi connectivity index (χ1n) is 11.7. The maximum Gasteiger partial charge on any atom is 0.277 e. The van der Waals surface area contributed by atoms with Gasteiger partial charge in [0.2, 0.25) is 5.88 Å². The van der Waals surface area contributed by atoms with Gasteiger partial charge in [0.25, 0.3) is 21.9 Å². The lowest BCUT2D eigenvalue weighted by Crippen LogP contribution is -2.33. The fourth-order valence-corrected chi connectivity index (χ4v) is 5.13. The number of anilines is 1. The Morgan fingerprint density at radius 3 is 2.69 bits per heavy atom. The molecule has 0 bridgehead atoms. The summed E-state index contributed by atoms with van der Waals surface area (Å²) < 4.78 is 39.2. The van der Waals surface area contributed by atoms with Crippen LogP contribution >= 0.6 is 0 Å². The fraction of sp³-hybridized carbons (Fsp3) is 0.280. The van der Waals surface area contributed by atoms with Crippen molar-refractivity contribution in [1.29, 1.82) is 0 Å². The second-order valence-corrected chi connectivity index (χ2v) is 10.1. The molecule has 2 aromatic carbocycles. The summed E-state index contributed by atoms with van der Waals surface area (Å²) in [5, 5.41) is 3.77. The molecular weight excluding hydrogens is 480 g/mol. The maximum absolute atomic E-state index is 13.1. The van der Waals surface area contributed by atoms with Gasteiger partial charge in [0.15, 0.2) is 0 Å². The molecule has 11 heteroatoms. The summed E-state index contributed by atoms with van der Waals surface area (Å²) >= 11 is 0. The van der Waals surface area contributed by atoms with Crippen molar-refractivity contribution in [3.05, 3.63) is 77.7 Å². The summed E-state index contributed by atoms with van der Waals surface area (Å²) in [7, 11) is -3.91. The van der Waals surface area contributed by atoms with Gasteiger partial charge in [0.05, 0.1) is 35.6 Å². The van der Waals surface area contributed by atoms with E-state index in [1.54, 1.807) is 36.7 Å². The molecule has 1 N–H and O–H groups in total. The lowest BCUT2D eigenvalue weighted by molar-refractivity contribution is 0.188. The topological polar surface area (TPSA) is 123 Å². The van der Waals surface area contributed by atoms with Crippen LogP contribution in [0, 0.1) is 0 Å². The van der Waals surface area contributed by atoms with Gasteiger partial charge in [-0.25, -0.2) is 18.1 Å². The van der Waals surface area contributed by atoms with Gasteiger partial charge in [-0.3, -0.25) is 9.88 Å². The molecule has 3 heterocycles. The third-order valence-electron chi connectivity index (χ3n) is 6.12. The lowest BCUT2D eigenvalue weighted by atomic mass is 9.98. The molecule has 1 aliphatic heterocycles. The van der Waals surface area contributed by atoms with E-state index in [0.29, 0.717) is 24.6 Å². The van der Waals surface area contributed by atoms with Gasteiger partial charge >= 0.3 is 0 Å². The van der Waals surface area contributed by atoms with E-state index in [-0.39, 0.29) is 22.8 Å². The van der Waals surface area contributed by atoms with Crippen LogP contribution in [0.25, 0.3) is 11.5 Å². The molecule has 5 rings (SSSR count). The molecule has 0 saturated heterocycles. The summed E-state index contributed by atoms with van der Waals surface area (Å²) in [4.78, 5) is 15.4. The lowest BCUT2D eigenvalue weighted by Gasteiger charge is -2.33. The third-order valence-corrected chi connectivity index (χ3v) is 7.44. The van der Waals surface area contributed by atoms with Gasteiger partial charge in [0, 0.05) is 18.7 Å². The van der Waals surface area contributed by atoms with Gasteiger partial charge in [-0.15, -0.1) is 0 Å². The number of nitrogens with zero attached hydrogens (tertiary/aromatic N) is 5. The quantitative estimate of drug-likeness (QED) is 0.379. The Balaban J connectivity index is 1.31. The van der Waals surface area contributed by atoms with Gasteiger partial charge in [-0.1, -0.05) is 24.3 Å². The summed E-state index contributed by atoms with van der Waals surface area (Å²) in [5.41, 5.74) is 3.61. The van der Waals surface area contributed by atoms with E-state index >= 15 is 0 Å². The number of hydrogen-bond acceptors (Lipinski definition) is 9. The predicted octanol–water partition coefficient (Wildman–Crippen LogP) is 3.85. The average Bonchev–Trinajstić information content (AvgIpc) is 3.36. The molecule has 1 aliphatic rings. The standard InChI is InChI=1S/C25H26N6O4S/c1-3-34-23-15-26-22(14-27-23)17(2)31-12-11-18-9-10-21(13-20(18)16-31)36(32,33)30-25-28-24(35-29-25)19-7-5-4-6-8-19/h4-10,13-15,17H,3,11-12,16H2,1-2H3,(H,29,30). The molecule has 0 saturated carbocycles. The molecule has 4 aromatic rings. The highest BCUT2D eigenvalue weighted by molar-refractivity contribution is 7.92. The van der Waals surface area contributed by atoms with Gasteiger partial charge in [-0.2, -0.15) is 4.98 Å². The highest BCUT2D eigenvalue weighted by Crippen LogP contribution is 2.29. The SMILES string of the molecule is CCOc1cnc(C(C)N2CCc3ccc(S(=O)(=O)Nc4noc(-c5ccccc5)n4)cc3C2)cn1. The van der Waals surface area contributed by atoms with Crippen molar-refractivity contribution < 1.29 is 17.7 Å². The van der Waals surface area contributed by atoms with Crippen LogP contribution < -0.4 is 9.46 Å². The van der Waals surface area contributed by atoms with Crippen molar-refractivity contribution >= 4 is 16.0 Å². The number of sulfonamides is 1. The Labute approximate surface area is 209 Å². The van der Waals surface area contributed by atoms with Crippen LogP contribution in [0.2, 0.25) is 0 Å². The molecule has 186 valence electrons. The van der Waals surface area contributed by atoms with Crippen LogP contribution in [-0.2, 0) is 23.0 Å². The highest BCUT2D eigenvalue weighted by Gasteiger charge is 2.25. The van der Waals surface area contributed by atoms with E-state index in [2.05, 4.69) is 36.7 Å². The molecule has 36 heavy (non-hydrogen) atoms. The minimum Gasteiger partial charge on any atom is -0.477 e. The summed E-state index contributed by atoms with van der Waals surface area (Å²) in [6.07, 6.45) is 4.17. The Hall–Kier alpha value is -3.83. The second kappa shape index (κ2) is 10.0. The fourth-order valence-electron chi connectivity index (χ4n) is 4.15. The predicted molar refractivity (Wildman–Crippen MR) is 133 cm³/mol. The zero-order valence-electron chi connectivity index (χ0n) is 20.0. The zero-order valence-corrected chi connectivity index (χ0v) is 20.8. The molecule has 0 radical (unpaired) electrons. The highest BCUT2D eigenvalue weighted by atomic mass is 32.2. The van der Waals surface area contributed by atoms with Crippen molar-refractivity contribution in [2.24, 2.45) is 0 Å². The summed E-state index contributed by atoms with van der Waals surface area (Å²) in [5.74, 6) is 0.619. The van der Waals surface area contributed by atoms with Crippen LogP contribution in [0.5, 0.6) is 5.88 Å². The number of benzene rings is 2. The zero-order chi connectivity index (χ0) is 25.1. The number of nitrogens with one attached hydrogen (secondary N) is 1. The van der Waals surface area contributed by atoms with E-state index in [1.165, 1.54) is 0 Å². The van der Waals surface area contributed by atoms with Gasteiger partial charge < -0.3 is 9.26 Å². The minimum absolute atomic E-state index is 0.00968. The molecule has 0 fully saturated rings. The molecule has 0 amide bonds. The molecule has 10 nitrogen and oxygen atoms in total. The van der Waals surface area contributed by atoms with Crippen molar-refractivity contribution in [1.82, 2.24) is 25.0 Å². The summed E-state index contributed by atoms with van der Waals surface area (Å²) in [6.45, 7) is 5.93. The number of aromatic nitrogens is 4. The Bertz CT molecular complexity index is 1440. The molecule has 0 aliphatic carbocycles. The van der Waals surface area contributed by atoms with Gasteiger partial charge in [0.1, 0.15) is 0 Å². The minimum atomic E-state index is -3.91. The van der Waals surface area contributed by atoms with Crippen LogP contribution in [0.4, 0.5) is 5.95 Å². The van der Waals surface area contributed by atoms with E-state index in [9.17, 15) is 8.42 Å². The normalized spacial score (nSPS) is 14.7. The second-order valence-electron chi connectivity index (χ2n) is 8.43. The maximum atomic E-state index is 13.1. The number of hydrogen-bond donors (Lipinski definition) is 1. The first-order valence-corrected chi connectivity index (χ1v) is 13.1. The van der Waals surface area contributed by atoms with Gasteiger partial charge in [-0.05, 0) is 60.8 Å².